The predicted octanol–water partition coefficient (Wildman–Crippen LogP) is 2.19. The molecule has 1 atom stereocenters. The molecule has 2 aromatic rings. The highest BCUT2D eigenvalue weighted by molar-refractivity contribution is 5.95. The number of nitrogens with one attached hydrogen (secondary N) is 3. The summed E-state index contributed by atoms with van der Waals surface area (Å²) in [7, 11) is 0. The minimum atomic E-state index is -0.299. The molecule has 1 aliphatic heterocycles. The quantitative estimate of drug-likeness (QED) is 0.783. The van der Waals surface area contributed by atoms with Gasteiger partial charge in [0.25, 0.3) is 0 Å². The molecule has 5 nitrogen and oxygen atoms in total. The van der Waals surface area contributed by atoms with E-state index < -0.39 is 0 Å². The van der Waals surface area contributed by atoms with E-state index in [4.69, 9.17) is 0 Å². The number of anilines is 1. The highest BCUT2D eigenvalue weighted by Gasteiger charge is 2.23. The van der Waals surface area contributed by atoms with Gasteiger partial charge < -0.3 is 16.0 Å². The fourth-order valence-corrected chi connectivity index (χ4v) is 2.86. The lowest BCUT2D eigenvalue weighted by Crippen LogP contribution is -2.49. The van der Waals surface area contributed by atoms with Crippen LogP contribution in [0.5, 0.6) is 0 Å². The first-order valence-corrected chi connectivity index (χ1v) is 8.06. The SMILES string of the molecule is Cc1cccc(NC(=O)CNC(=O)[C@@H]2Cc3ccccc3CN2)c1.Cl. The second kappa shape index (κ2) is 8.65. The van der Waals surface area contributed by atoms with Crippen molar-refractivity contribution in [1.29, 1.82) is 0 Å². The van der Waals surface area contributed by atoms with Crippen molar-refractivity contribution in [2.75, 3.05) is 11.9 Å². The summed E-state index contributed by atoms with van der Waals surface area (Å²) in [6.45, 7) is 2.60. The van der Waals surface area contributed by atoms with Crippen LogP contribution < -0.4 is 16.0 Å². The number of carbonyl (C=O) groups excluding carboxylic acids is 2. The Kier molecular flexibility index (Phi) is 6.56. The van der Waals surface area contributed by atoms with Gasteiger partial charge in [-0.1, -0.05) is 36.4 Å². The van der Waals surface area contributed by atoms with Gasteiger partial charge >= 0.3 is 0 Å². The molecular weight excluding hydrogens is 338 g/mol. The van der Waals surface area contributed by atoms with Crippen LogP contribution in [0.15, 0.2) is 48.5 Å². The number of benzene rings is 2. The summed E-state index contributed by atoms with van der Waals surface area (Å²) >= 11 is 0. The van der Waals surface area contributed by atoms with Crippen molar-refractivity contribution in [3.8, 4) is 0 Å². The van der Waals surface area contributed by atoms with Gasteiger partial charge in [-0.05, 0) is 42.2 Å². The van der Waals surface area contributed by atoms with E-state index >= 15 is 0 Å². The maximum Gasteiger partial charge on any atom is 0.243 e. The Morgan fingerprint density at radius 1 is 1.12 bits per heavy atom. The average molecular weight is 360 g/mol. The van der Waals surface area contributed by atoms with E-state index in [0.717, 1.165) is 11.3 Å². The molecule has 3 rings (SSSR count). The lowest BCUT2D eigenvalue weighted by molar-refractivity contribution is -0.125. The molecule has 0 radical (unpaired) electrons. The first kappa shape index (κ1) is 19.0. The van der Waals surface area contributed by atoms with Gasteiger partial charge in [-0.25, -0.2) is 0 Å². The molecule has 6 heteroatoms. The molecule has 0 saturated carbocycles. The Hall–Kier alpha value is -2.37. The minimum absolute atomic E-state index is 0. The highest BCUT2D eigenvalue weighted by atomic mass is 35.5. The van der Waals surface area contributed by atoms with Crippen molar-refractivity contribution in [2.24, 2.45) is 0 Å². The van der Waals surface area contributed by atoms with Crippen LogP contribution in [-0.4, -0.2) is 24.4 Å². The van der Waals surface area contributed by atoms with Crippen molar-refractivity contribution in [3.05, 3.63) is 65.2 Å². The van der Waals surface area contributed by atoms with Gasteiger partial charge in [0.2, 0.25) is 11.8 Å². The van der Waals surface area contributed by atoms with E-state index in [1.807, 2.05) is 49.4 Å². The zero-order valence-electron chi connectivity index (χ0n) is 14.0. The number of amides is 2. The van der Waals surface area contributed by atoms with Crippen LogP contribution >= 0.6 is 12.4 Å². The molecule has 0 aliphatic carbocycles. The topological polar surface area (TPSA) is 70.2 Å². The lowest BCUT2D eigenvalue weighted by atomic mass is 9.95. The Labute approximate surface area is 153 Å². The van der Waals surface area contributed by atoms with Crippen molar-refractivity contribution in [1.82, 2.24) is 10.6 Å². The summed E-state index contributed by atoms with van der Waals surface area (Å²) in [5.41, 5.74) is 4.21. The summed E-state index contributed by atoms with van der Waals surface area (Å²) in [5.74, 6) is -0.381. The van der Waals surface area contributed by atoms with E-state index in [-0.39, 0.29) is 36.8 Å². The third-order valence-electron chi connectivity index (χ3n) is 4.12. The molecule has 0 saturated heterocycles. The first-order valence-electron chi connectivity index (χ1n) is 8.06. The van der Waals surface area contributed by atoms with Crippen LogP contribution in [-0.2, 0) is 22.6 Å². The Balaban J connectivity index is 0.00000225. The van der Waals surface area contributed by atoms with Gasteiger partial charge in [-0.3, -0.25) is 9.59 Å². The van der Waals surface area contributed by atoms with Crippen LogP contribution in [0.4, 0.5) is 5.69 Å². The monoisotopic (exact) mass is 359 g/mol. The molecule has 2 aromatic carbocycles. The van der Waals surface area contributed by atoms with Gasteiger partial charge in [-0.15, -0.1) is 12.4 Å². The average Bonchev–Trinajstić information content (AvgIpc) is 2.59. The summed E-state index contributed by atoms with van der Waals surface area (Å²) in [6, 6.07) is 15.3. The smallest absolute Gasteiger partial charge is 0.243 e. The molecule has 1 aliphatic rings. The van der Waals surface area contributed by atoms with E-state index in [0.29, 0.717) is 13.0 Å². The zero-order valence-corrected chi connectivity index (χ0v) is 14.9. The van der Waals surface area contributed by atoms with Crippen LogP contribution in [0.2, 0.25) is 0 Å². The summed E-state index contributed by atoms with van der Waals surface area (Å²) < 4.78 is 0. The lowest BCUT2D eigenvalue weighted by Gasteiger charge is -2.25. The maximum atomic E-state index is 12.3. The Bertz CT molecular complexity index is 764. The molecule has 132 valence electrons. The van der Waals surface area contributed by atoms with Crippen LogP contribution in [0.3, 0.4) is 0 Å². The highest BCUT2D eigenvalue weighted by Crippen LogP contribution is 2.16. The first-order chi connectivity index (χ1) is 11.6. The second-order valence-electron chi connectivity index (χ2n) is 6.04. The van der Waals surface area contributed by atoms with Crippen molar-refractivity contribution in [3.63, 3.8) is 0 Å². The number of halogens is 1. The number of hydrogen-bond acceptors (Lipinski definition) is 3. The third-order valence-corrected chi connectivity index (χ3v) is 4.12. The molecule has 1 heterocycles. The number of hydrogen-bond donors (Lipinski definition) is 3. The molecule has 2 amide bonds. The Morgan fingerprint density at radius 3 is 2.64 bits per heavy atom. The summed E-state index contributed by atoms with van der Waals surface area (Å²) in [6.07, 6.45) is 0.640. The molecule has 0 fully saturated rings. The fraction of sp³-hybridized carbons (Fsp3) is 0.263. The third kappa shape index (κ3) is 5.05. The van der Waals surface area contributed by atoms with Crippen LogP contribution in [0.25, 0.3) is 0 Å². The fourth-order valence-electron chi connectivity index (χ4n) is 2.86. The zero-order chi connectivity index (χ0) is 16.9. The van der Waals surface area contributed by atoms with E-state index in [1.54, 1.807) is 0 Å². The van der Waals surface area contributed by atoms with Gasteiger partial charge in [0.15, 0.2) is 0 Å². The van der Waals surface area contributed by atoms with Gasteiger partial charge in [-0.2, -0.15) is 0 Å². The number of carbonyl (C=O) groups is 2. The molecule has 0 unspecified atom stereocenters. The predicted molar refractivity (Wildman–Crippen MR) is 101 cm³/mol. The van der Waals surface area contributed by atoms with Gasteiger partial charge in [0.1, 0.15) is 0 Å². The van der Waals surface area contributed by atoms with E-state index in [1.165, 1.54) is 11.1 Å². The number of aryl methyl sites for hydroxylation is 1. The molecular formula is C19H22ClN3O2. The van der Waals surface area contributed by atoms with Crippen LogP contribution in [0, 0.1) is 6.92 Å². The maximum absolute atomic E-state index is 12.3. The summed E-state index contributed by atoms with van der Waals surface area (Å²) in [4.78, 5) is 24.2. The minimum Gasteiger partial charge on any atom is -0.346 e. The van der Waals surface area contributed by atoms with Crippen molar-refractivity contribution in [2.45, 2.75) is 25.9 Å². The van der Waals surface area contributed by atoms with Gasteiger partial charge in [0.05, 0.1) is 12.6 Å². The largest absolute Gasteiger partial charge is 0.346 e. The Morgan fingerprint density at radius 2 is 1.88 bits per heavy atom. The molecule has 0 bridgehead atoms. The van der Waals surface area contributed by atoms with E-state index in [2.05, 4.69) is 22.0 Å². The van der Waals surface area contributed by atoms with Crippen molar-refractivity contribution >= 4 is 29.9 Å². The molecule has 0 aromatic heterocycles. The number of rotatable bonds is 4. The number of fused-ring (bicyclic) bond motifs is 1. The van der Waals surface area contributed by atoms with E-state index in [9.17, 15) is 9.59 Å². The molecule has 0 spiro atoms. The molecule has 25 heavy (non-hydrogen) atoms. The van der Waals surface area contributed by atoms with Crippen LogP contribution in [0.1, 0.15) is 16.7 Å². The van der Waals surface area contributed by atoms with Crippen molar-refractivity contribution < 1.29 is 9.59 Å². The second-order valence-corrected chi connectivity index (χ2v) is 6.04. The summed E-state index contributed by atoms with van der Waals surface area (Å²) in [5, 5.41) is 8.70. The standard InChI is InChI=1S/C19H21N3O2.ClH/c1-13-5-4-8-16(9-13)22-18(23)12-21-19(24)17-10-14-6-2-3-7-15(14)11-20-17;/h2-9,17,20H,10-12H2,1H3,(H,21,24)(H,22,23);1H/t17-;/m0./s1. The normalized spacial score (nSPS) is 15.5. The molecule has 3 N–H and O–H groups in total. The van der Waals surface area contributed by atoms with Gasteiger partial charge in [0, 0.05) is 12.2 Å².